The van der Waals surface area contributed by atoms with E-state index >= 15 is 0 Å². The summed E-state index contributed by atoms with van der Waals surface area (Å²) in [5.41, 5.74) is 4.07. The lowest BCUT2D eigenvalue weighted by Gasteiger charge is -2.59. The van der Waals surface area contributed by atoms with Crippen molar-refractivity contribution >= 4 is 0 Å². The standard InChI is InChI=1S/C29H38O2/c1-2-25(28-10-18-4-19(11-28)6-20(5-18)12-28)27(31-17-24-16-30-24)26(3-1)29-13-21-7-22(14-29)9-23(8-21)15-29/h1-3,18-24H,4-17H2. The van der Waals surface area contributed by atoms with Gasteiger partial charge in [-0.05, 0) is 123 Å². The highest BCUT2D eigenvalue weighted by molar-refractivity contribution is 5.51. The second kappa shape index (κ2) is 6.31. The molecular weight excluding hydrogens is 380 g/mol. The van der Waals surface area contributed by atoms with Crippen molar-refractivity contribution in [2.24, 2.45) is 35.5 Å². The Bertz CT molecular complexity index is 763. The van der Waals surface area contributed by atoms with Crippen molar-refractivity contribution in [2.45, 2.75) is 94.0 Å². The van der Waals surface area contributed by atoms with Gasteiger partial charge in [0.25, 0.3) is 0 Å². The second-order valence-corrected chi connectivity index (χ2v) is 13.3. The van der Waals surface area contributed by atoms with Crippen LogP contribution in [0.2, 0.25) is 0 Å². The maximum atomic E-state index is 6.85. The van der Waals surface area contributed by atoms with Gasteiger partial charge in [-0.3, -0.25) is 0 Å². The van der Waals surface area contributed by atoms with Gasteiger partial charge < -0.3 is 9.47 Å². The summed E-state index contributed by atoms with van der Waals surface area (Å²) < 4.78 is 12.4. The van der Waals surface area contributed by atoms with Crippen LogP contribution in [0.25, 0.3) is 0 Å². The van der Waals surface area contributed by atoms with E-state index in [4.69, 9.17) is 9.47 Å². The highest BCUT2D eigenvalue weighted by atomic mass is 16.6. The Morgan fingerprint density at radius 2 is 1.06 bits per heavy atom. The quantitative estimate of drug-likeness (QED) is 0.516. The van der Waals surface area contributed by atoms with Gasteiger partial charge in [-0.15, -0.1) is 0 Å². The Balaban J connectivity index is 1.25. The highest BCUT2D eigenvalue weighted by Gasteiger charge is 2.55. The largest absolute Gasteiger partial charge is 0.490 e. The lowest BCUT2D eigenvalue weighted by Crippen LogP contribution is -2.50. The topological polar surface area (TPSA) is 21.8 Å². The predicted molar refractivity (Wildman–Crippen MR) is 121 cm³/mol. The normalized spacial score (nSPS) is 50.8. The zero-order valence-electron chi connectivity index (χ0n) is 19.0. The maximum absolute atomic E-state index is 6.85. The molecule has 2 heteroatoms. The molecule has 1 aromatic carbocycles. The molecule has 8 bridgehead atoms. The number of ether oxygens (including phenoxy) is 2. The first-order valence-electron chi connectivity index (χ1n) is 13.5. The molecule has 0 spiro atoms. The molecule has 1 atom stereocenters. The van der Waals surface area contributed by atoms with E-state index in [0.717, 1.165) is 48.7 Å². The van der Waals surface area contributed by atoms with Crippen molar-refractivity contribution in [3.8, 4) is 5.75 Å². The average Bonchev–Trinajstić information content (AvgIpc) is 3.54. The van der Waals surface area contributed by atoms with E-state index in [-0.39, 0.29) is 0 Å². The van der Waals surface area contributed by atoms with E-state index in [0.29, 0.717) is 16.9 Å². The molecule has 9 fully saturated rings. The molecular formula is C29H38O2. The number of hydrogen-bond donors (Lipinski definition) is 0. The molecule has 31 heavy (non-hydrogen) atoms. The number of benzene rings is 1. The molecule has 1 saturated heterocycles. The lowest BCUT2D eigenvalue weighted by molar-refractivity contribution is -0.0108. The van der Waals surface area contributed by atoms with Crippen molar-refractivity contribution in [1.82, 2.24) is 0 Å². The van der Waals surface area contributed by atoms with Crippen molar-refractivity contribution in [3.05, 3.63) is 29.3 Å². The molecule has 1 heterocycles. The summed E-state index contributed by atoms with van der Waals surface area (Å²) in [7, 11) is 0. The van der Waals surface area contributed by atoms with Gasteiger partial charge in [0.15, 0.2) is 0 Å². The van der Waals surface area contributed by atoms with Gasteiger partial charge in [0.1, 0.15) is 18.5 Å². The van der Waals surface area contributed by atoms with Crippen LogP contribution in [0.3, 0.4) is 0 Å². The van der Waals surface area contributed by atoms with E-state index in [1.807, 2.05) is 0 Å². The molecule has 2 nitrogen and oxygen atoms in total. The summed E-state index contributed by atoms with van der Waals surface area (Å²) in [5.74, 6) is 7.23. The van der Waals surface area contributed by atoms with Gasteiger partial charge in [0, 0.05) is 11.1 Å². The van der Waals surface area contributed by atoms with Crippen LogP contribution >= 0.6 is 0 Å². The summed E-state index contributed by atoms with van der Waals surface area (Å²) in [4.78, 5) is 0. The van der Waals surface area contributed by atoms with E-state index in [2.05, 4.69) is 18.2 Å². The molecule has 166 valence electrons. The third kappa shape index (κ3) is 2.79. The summed E-state index contributed by atoms with van der Waals surface area (Å²) >= 11 is 0. The first-order valence-corrected chi connectivity index (χ1v) is 13.5. The molecule has 0 radical (unpaired) electrons. The van der Waals surface area contributed by atoms with Gasteiger partial charge >= 0.3 is 0 Å². The molecule has 0 aromatic heterocycles. The SMILES string of the molecule is c1cc(C23CC4CC(CC(C4)C2)C3)c(OCC2CO2)c(C23CC4CC(CC(C4)C2)C3)c1. The molecule has 0 N–H and O–H groups in total. The van der Waals surface area contributed by atoms with Crippen LogP contribution in [0.4, 0.5) is 0 Å². The Kier molecular flexibility index (Phi) is 3.75. The Hall–Kier alpha value is -1.02. The zero-order chi connectivity index (χ0) is 20.2. The van der Waals surface area contributed by atoms with Gasteiger partial charge in [0.2, 0.25) is 0 Å². The highest BCUT2D eigenvalue weighted by Crippen LogP contribution is 2.65. The number of para-hydroxylation sites is 1. The van der Waals surface area contributed by atoms with Crippen LogP contribution < -0.4 is 4.74 Å². The Morgan fingerprint density at radius 3 is 1.42 bits per heavy atom. The van der Waals surface area contributed by atoms with Gasteiger partial charge in [-0.1, -0.05) is 18.2 Å². The summed E-state index contributed by atoms with van der Waals surface area (Å²) in [6, 6.07) is 7.43. The van der Waals surface area contributed by atoms with Crippen molar-refractivity contribution in [3.63, 3.8) is 0 Å². The van der Waals surface area contributed by atoms with Crippen molar-refractivity contribution < 1.29 is 9.47 Å². The third-order valence-corrected chi connectivity index (χ3v) is 11.1. The minimum atomic E-state index is 0.341. The van der Waals surface area contributed by atoms with E-state index in [1.54, 1.807) is 11.1 Å². The molecule has 0 amide bonds. The fourth-order valence-electron chi connectivity index (χ4n) is 10.7. The first kappa shape index (κ1) is 18.4. The smallest absolute Gasteiger partial charge is 0.126 e. The lowest BCUT2D eigenvalue weighted by atomic mass is 9.46. The Labute approximate surface area is 187 Å². The molecule has 8 saturated carbocycles. The minimum Gasteiger partial charge on any atom is -0.490 e. The molecule has 8 aliphatic carbocycles. The number of epoxide rings is 1. The van der Waals surface area contributed by atoms with Crippen LogP contribution in [-0.2, 0) is 15.6 Å². The van der Waals surface area contributed by atoms with Crippen LogP contribution in [0.5, 0.6) is 5.75 Å². The molecule has 9 aliphatic rings. The van der Waals surface area contributed by atoms with Crippen molar-refractivity contribution in [2.75, 3.05) is 13.2 Å². The van der Waals surface area contributed by atoms with Gasteiger partial charge in [-0.2, -0.15) is 0 Å². The van der Waals surface area contributed by atoms with Crippen LogP contribution in [0.15, 0.2) is 18.2 Å². The summed E-state index contributed by atoms with van der Waals surface area (Å²) in [6.07, 6.45) is 18.0. The number of hydrogen-bond acceptors (Lipinski definition) is 2. The van der Waals surface area contributed by atoms with Crippen LogP contribution in [0, 0.1) is 35.5 Å². The fourth-order valence-corrected chi connectivity index (χ4v) is 10.7. The summed E-state index contributed by atoms with van der Waals surface area (Å²) in [6.45, 7) is 1.66. The molecule has 10 rings (SSSR count). The molecule has 1 aliphatic heterocycles. The van der Waals surface area contributed by atoms with Crippen LogP contribution in [0.1, 0.15) is 88.2 Å². The Morgan fingerprint density at radius 1 is 0.677 bits per heavy atom. The fraction of sp³-hybridized carbons (Fsp3) is 0.793. The monoisotopic (exact) mass is 418 g/mol. The minimum absolute atomic E-state index is 0.341. The average molecular weight is 419 g/mol. The van der Waals surface area contributed by atoms with Crippen molar-refractivity contribution in [1.29, 1.82) is 0 Å². The maximum Gasteiger partial charge on any atom is 0.126 e. The van der Waals surface area contributed by atoms with E-state index in [1.165, 1.54) is 82.8 Å². The summed E-state index contributed by atoms with van der Waals surface area (Å²) in [5, 5.41) is 0. The molecule has 1 aromatic rings. The first-order chi connectivity index (χ1) is 15.2. The van der Waals surface area contributed by atoms with Crippen LogP contribution in [-0.4, -0.2) is 19.3 Å². The number of rotatable bonds is 5. The zero-order valence-corrected chi connectivity index (χ0v) is 19.0. The van der Waals surface area contributed by atoms with Gasteiger partial charge in [0.05, 0.1) is 6.61 Å². The van der Waals surface area contributed by atoms with Gasteiger partial charge in [-0.25, -0.2) is 0 Å². The van der Waals surface area contributed by atoms with E-state index in [9.17, 15) is 0 Å². The van der Waals surface area contributed by atoms with E-state index < -0.39 is 0 Å². The predicted octanol–water partition coefficient (Wildman–Crippen LogP) is 6.40. The second-order valence-electron chi connectivity index (χ2n) is 13.3. The molecule has 1 unspecified atom stereocenters. The third-order valence-electron chi connectivity index (χ3n) is 11.1.